The fraction of sp³-hybridized carbons (Fsp3) is 0.0385. The first-order valence-electron chi connectivity index (χ1n) is 10.4. The van der Waals surface area contributed by atoms with Gasteiger partial charge in [0.05, 0.1) is 29.9 Å². The van der Waals surface area contributed by atoms with Crippen molar-refractivity contribution in [1.29, 1.82) is 0 Å². The Labute approximate surface area is 219 Å². The number of ether oxygens (including phenoxy) is 1. The summed E-state index contributed by atoms with van der Waals surface area (Å²) in [6.45, 7) is 0. The van der Waals surface area contributed by atoms with E-state index in [0.29, 0.717) is 22.6 Å². The van der Waals surface area contributed by atoms with E-state index in [1.54, 1.807) is 18.3 Å². The van der Waals surface area contributed by atoms with Gasteiger partial charge in [0.15, 0.2) is 11.5 Å². The minimum Gasteiger partial charge on any atom is -0.503 e. The van der Waals surface area contributed by atoms with Gasteiger partial charge in [-0.3, -0.25) is 4.99 Å². The predicted octanol–water partition coefficient (Wildman–Crippen LogP) is 9.51. The smallest absolute Gasteiger partial charge is 0.185 e. The van der Waals surface area contributed by atoms with Crippen molar-refractivity contribution < 1.29 is 9.84 Å². The standard InChI is InChI=1S/C26H19Br2N5O2/c1-35-24-13-17(12-23(26(24)34)33-31-19-10-6-3-7-11-19)16-29-25-21(27)14-20(15-22(25)28)32-30-18-8-4-2-5-9-18/h2-16,34H,1H3. The zero-order valence-electron chi connectivity index (χ0n) is 18.5. The molecule has 0 radical (unpaired) electrons. The van der Waals surface area contributed by atoms with E-state index in [4.69, 9.17) is 4.74 Å². The number of aromatic hydroxyl groups is 1. The molecule has 0 aliphatic rings. The maximum Gasteiger partial charge on any atom is 0.185 e. The zero-order chi connectivity index (χ0) is 24.6. The van der Waals surface area contributed by atoms with Gasteiger partial charge >= 0.3 is 0 Å². The molecular weight excluding hydrogens is 574 g/mol. The van der Waals surface area contributed by atoms with Gasteiger partial charge < -0.3 is 9.84 Å². The van der Waals surface area contributed by atoms with Crippen LogP contribution in [0.1, 0.15) is 5.56 Å². The van der Waals surface area contributed by atoms with Crippen molar-refractivity contribution in [2.75, 3.05) is 7.11 Å². The SMILES string of the molecule is COc1cc(C=Nc2c(Br)cc(N=Nc3ccccc3)cc2Br)cc(N=Nc2ccccc2)c1O. The molecule has 35 heavy (non-hydrogen) atoms. The van der Waals surface area contributed by atoms with Crippen LogP contribution in [-0.4, -0.2) is 18.4 Å². The van der Waals surface area contributed by atoms with E-state index in [-0.39, 0.29) is 17.2 Å². The highest BCUT2D eigenvalue weighted by Crippen LogP contribution is 2.40. The molecule has 7 nitrogen and oxygen atoms in total. The lowest BCUT2D eigenvalue weighted by molar-refractivity contribution is 0.374. The molecular formula is C26H19Br2N5O2. The molecule has 0 bridgehead atoms. The van der Waals surface area contributed by atoms with Gasteiger partial charge in [0.2, 0.25) is 0 Å². The van der Waals surface area contributed by atoms with Crippen molar-refractivity contribution >= 4 is 66.5 Å². The summed E-state index contributed by atoms with van der Waals surface area (Å²) < 4.78 is 6.77. The van der Waals surface area contributed by atoms with E-state index in [9.17, 15) is 5.11 Å². The number of aliphatic imine (C=N–C) groups is 1. The van der Waals surface area contributed by atoms with Gasteiger partial charge in [0.1, 0.15) is 5.69 Å². The summed E-state index contributed by atoms with van der Waals surface area (Å²) in [5.74, 6) is 0.172. The van der Waals surface area contributed by atoms with Gasteiger partial charge in [-0.2, -0.15) is 15.3 Å². The average molecular weight is 593 g/mol. The lowest BCUT2D eigenvalue weighted by Gasteiger charge is -2.07. The molecule has 9 heteroatoms. The third-order valence-corrected chi connectivity index (χ3v) is 5.92. The molecule has 4 aromatic rings. The second-order valence-corrected chi connectivity index (χ2v) is 8.89. The lowest BCUT2D eigenvalue weighted by Crippen LogP contribution is -1.88. The van der Waals surface area contributed by atoms with Crippen molar-refractivity contribution in [2.45, 2.75) is 0 Å². The third kappa shape index (κ3) is 6.46. The summed E-state index contributed by atoms with van der Waals surface area (Å²) in [5.41, 5.74) is 3.72. The number of hydrogen-bond donors (Lipinski definition) is 1. The first-order valence-corrected chi connectivity index (χ1v) is 12.0. The second-order valence-electron chi connectivity index (χ2n) is 7.18. The highest BCUT2D eigenvalue weighted by atomic mass is 79.9. The van der Waals surface area contributed by atoms with Crippen molar-refractivity contribution in [3.05, 3.63) is 99.4 Å². The highest BCUT2D eigenvalue weighted by molar-refractivity contribution is 9.11. The molecule has 174 valence electrons. The molecule has 0 amide bonds. The Morgan fingerprint density at radius 2 is 1.26 bits per heavy atom. The van der Waals surface area contributed by atoms with Crippen LogP contribution in [0.15, 0.2) is 119 Å². The Bertz CT molecular complexity index is 1390. The number of phenols is 1. The molecule has 4 aromatic carbocycles. The highest BCUT2D eigenvalue weighted by Gasteiger charge is 2.11. The average Bonchev–Trinajstić information content (AvgIpc) is 2.88. The van der Waals surface area contributed by atoms with Crippen LogP contribution >= 0.6 is 31.9 Å². The number of methoxy groups -OCH3 is 1. The Morgan fingerprint density at radius 3 is 1.83 bits per heavy atom. The maximum absolute atomic E-state index is 10.5. The number of nitrogens with zero attached hydrogens (tertiary/aromatic N) is 5. The first kappa shape index (κ1) is 24.4. The molecule has 0 atom stereocenters. The summed E-state index contributed by atoms with van der Waals surface area (Å²) in [7, 11) is 1.48. The van der Waals surface area contributed by atoms with Crippen LogP contribution in [0.4, 0.5) is 28.4 Å². The van der Waals surface area contributed by atoms with E-state index in [1.165, 1.54) is 7.11 Å². The van der Waals surface area contributed by atoms with Gasteiger partial charge in [0, 0.05) is 15.2 Å². The van der Waals surface area contributed by atoms with E-state index >= 15 is 0 Å². The van der Waals surface area contributed by atoms with Gasteiger partial charge in [-0.05, 0) is 86.0 Å². The molecule has 1 N–H and O–H groups in total. The van der Waals surface area contributed by atoms with E-state index in [1.807, 2.05) is 72.8 Å². The largest absolute Gasteiger partial charge is 0.503 e. The van der Waals surface area contributed by atoms with Crippen molar-refractivity contribution in [3.63, 3.8) is 0 Å². The van der Waals surface area contributed by atoms with Crippen molar-refractivity contribution in [1.82, 2.24) is 0 Å². The van der Waals surface area contributed by atoms with E-state index in [2.05, 4.69) is 57.3 Å². The van der Waals surface area contributed by atoms with Crippen LogP contribution in [0, 0.1) is 0 Å². The zero-order valence-corrected chi connectivity index (χ0v) is 21.7. The summed E-state index contributed by atoms with van der Waals surface area (Å²) >= 11 is 7.12. The van der Waals surface area contributed by atoms with Gasteiger partial charge in [-0.15, -0.1) is 5.11 Å². The van der Waals surface area contributed by atoms with E-state index in [0.717, 1.165) is 14.6 Å². The predicted molar refractivity (Wildman–Crippen MR) is 145 cm³/mol. The fourth-order valence-electron chi connectivity index (χ4n) is 3.01. The van der Waals surface area contributed by atoms with Gasteiger partial charge in [-0.1, -0.05) is 36.4 Å². The fourth-order valence-corrected chi connectivity index (χ4v) is 4.38. The molecule has 0 saturated carbocycles. The number of rotatable bonds is 7. The quantitative estimate of drug-likeness (QED) is 0.171. The minimum atomic E-state index is -0.0974. The number of phenolic OH excluding ortho intramolecular Hbond substituents is 1. The molecule has 0 aliphatic heterocycles. The van der Waals surface area contributed by atoms with Gasteiger partial charge in [-0.25, -0.2) is 0 Å². The maximum atomic E-state index is 10.5. The number of azo groups is 2. The summed E-state index contributed by atoms with van der Waals surface area (Å²) in [5, 5.41) is 27.4. The van der Waals surface area contributed by atoms with E-state index < -0.39 is 0 Å². The van der Waals surface area contributed by atoms with Crippen LogP contribution in [0.5, 0.6) is 11.5 Å². The topological polar surface area (TPSA) is 91.3 Å². The molecule has 0 spiro atoms. The molecule has 0 fully saturated rings. The number of halogens is 2. The molecule has 0 aromatic heterocycles. The Kier molecular flexibility index (Phi) is 8.12. The lowest BCUT2D eigenvalue weighted by atomic mass is 10.2. The molecule has 0 aliphatic carbocycles. The Balaban J connectivity index is 1.60. The Morgan fingerprint density at radius 1 is 0.714 bits per heavy atom. The molecule has 0 saturated heterocycles. The Hall–Kier alpha value is -3.69. The number of hydrogen-bond acceptors (Lipinski definition) is 7. The van der Waals surface area contributed by atoms with Crippen molar-refractivity contribution in [2.24, 2.45) is 25.4 Å². The monoisotopic (exact) mass is 591 g/mol. The number of benzene rings is 4. The minimum absolute atomic E-state index is 0.0974. The molecule has 4 rings (SSSR count). The summed E-state index contributed by atoms with van der Waals surface area (Å²) in [6.07, 6.45) is 1.65. The van der Waals surface area contributed by atoms with Crippen molar-refractivity contribution in [3.8, 4) is 11.5 Å². The summed E-state index contributed by atoms with van der Waals surface area (Å²) in [4.78, 5) is 4.60. The third-order valence-electron chi connectivity index (χ3n) is 4.71. The van der Waals surface area contributed by atoms with Crippen LogP contribution < -0.4 is 4.74 Å². The summed E-state index contributed by atoms with van der Waals surface area (Å²) in [6, 6.07) is 25.8. The van der Waals surface area contributed by atoms with Crippen LogP contribution in [0.3, 0.4) is 0 Å². The molecule has 0 unspecified atom stereocenters. The molecule has 0 heterocycles. The normalized spacial score (nSPS) is 11.6. The van der Waals surface area contributed by atoms with Crippen LogP contribution in [0.2, 0.25) is 0 Å². The second kappa shape index (κ2) is 11.6. The van der Waals surface area contributed by atoms with Crippen LogP contribution in [-0.2, 0) is 0 Å². The van der Waals surface area contributed by atoms with Gasteiger partial charge in [0.25, 0.3) is 0 Å². The van der Waals surface area contributed by atoms with Crippen LogP contribution in [0.25, 0.3) is 0 Å². The first-order chi connectivity index (χ1) is 17.0.